The second-order valence-electron chi connectivity index (χ2n) is 8.07. The van der Waals surface area contributed by atoms with Crippen molar-refractivity contribution in [2.24, 2.45) is 0 Å². The van der Waals surface area contributed by atoms with E-state index < -0.39 is 14.3 Å². The van der Waals surface area contributed by atoms with Crippen molar-refractivity contribution in [2.45, 2.75) is 77.6 Å². The SMILES string of the molecule is Cc1nc2c(cc1C(=O)O)C(O[Si](C)(C)C(C)(C)C)CCCC2. The predicted molar refractivity (Wildman–Crippen MR) is 94.5 cm³/mol. The van der Waals surface area contributed by atoms with E-state index in [-0.39, 0.29) is 11.1 Å². The number of hydrogen-bond acceptors (Lipinski definition) is 3. The molecular formula is C18H29NO3Si. The summed E-state index contributed by atoms with van der Waals surface area (Å²) >= 11 is 0. The van der Waals surface area contributed by atoms with Crippen LogP contribution in [0, 0.1) is 6.92 Å². The molecule has 1 N–H and O–H groups in total. The van der Waals surface area contributed by atoms with Gasteiger partial charge in [-0.15, -0.1) is 0 Å². The molecule has 2 rings (SSSR count). The van der Waals surface area contributed by atoms with Crippen LogP contribution < -0.4 is 0 Å². The molecule has 0 radical (unpaired) electrons. The molecule has 0 fully saturated rings. The molecule has 0 aromatic carbocycles. The third-order valence-corrected chi connectivity index (χ3v) is 9.76. The van der Waals surface area contributed by atoms with Crippen molar-refractivity contribution >= 4 is 14.3 Å². The molecule has 0 saturated heterocycles. The zero-order valence-corrected chi connectivity index (χ0v) is 16.2. The van der Waals surface area contributed by atoms with Crippen LogP contribution in [0.15, 0.2) is 6.07 Å². The topological polar surface area (TPSA) is 59.4 Å². The number of fused-ring (bicyclic) bond motifs is 1. The maximum atomic E-state index is 11.5. The maximum absolute atomic E-state index is 11.5. The van der Waals surface area contributed by atoms with E-state index in [2.05, 4.69) is 38.8 Å². The van der Waals surface area contributed by atoms with Gasteiger partial charge in [0.15, 0.2) is 8.32 Å². The summed E-state index contributed by atoms with van der Waals surface area (Å²) in [5.74, 6) is -0.909. The van der Waals surface area contributed by atoms with Gasteiger partial charge < -0.3 is 9.53 Å². The Hall–Kier alpha value is -1.20. The first-order chi connectivity index (χ1) is 10.5. The standard InChI is InChI=1S/C18H29NO3Si/c1-12-13(17(20)21)11-14-15(19-12)9-7-8-10-16(14)22-23(5,6)18(2,3)4/h11,16H,7-10H2,1-6H3,(H,20,21). The molecule has 0 bridgehead atoms. The number of carboxylic acids is 1. The van der Waals surface area contributed by atoms with Gasteiger partial charge in [0.05, 0.1) is 17.4 Å². The molecule has 5 heteroatoms. The number of nitrogens with zero attached hydrogens (tertiary/aromatic N) is 1. The van der Waals surface area contributed by atoms with Gasteiger partial charge >= 0.3 is 5.97 Å². The molecule has 1 aliphatic rings. The van der Waals surface area contributed by atoms with Gasteiger partial charge in [0, 0.05) is 11.3 Å². The van der Waals surface area contributed by atoms with Gasteiger partial charge in [-0.3, -0.25) is 4.98 Å². The zero-order chi connectivity index (χ0) is 17.4. The van der Waals surface area contributed by atoms with Crippen molar-refractivity contribution in [3.63, 3.8) is 0 Å². The minimum Gasteiger partial charge on any atom is -0.478 e. The summed E-state index contributed by atoms with van der Waals surface area (Å²) in [4.78, 5) is 16.1. The molecule has 0 spiro atoms. The van der Waals surface area contributed by atoms with Gasteiger partial charge in [0.1, 0.15) is 0 Å². The van der Waals surface area contributed by atoms with Crippen molar-refractivity contribution < 1.29 is 14.3 Å². The first-order valence-electron chi connectivity index (χ1n) is 8.44. The fourth-order valence-corrected chi connectivity index (χ4v) is 4.11. The molecule has 1 aliphatic carbocycles. The maximum Gasteiger partial charge on any atom is 0.337 e. The van der Waals surface area contributed by atoms with E-state index in [1.807, 2.05) is 6.07 Å². The highest BCUT2D eigenvalue weighted by atomic mass is 28.4. The third-order valence-electron chi connectivity index (χ3n) is 5.28. The largest absolute Gasteiger partial charge is 0.478 e. The normalized spacial score (nSPS) is 19.1. The number of pyridine rings is 1. The Morgan fingerprint density at radius 3 is 2.57 bits per heavy atom. The summed E-state index contributed by atoms with van der Waals surface area (Å²) in [6.45, 7) is 13.0. The number of aromatic carboxylic acids is 1. The quantitative estimate of drug-likeness (QED) is 0.632. The predicted octanol–water partition coefficient (Wildman–Crippen LogP) is 4.88. The fraction of sp³-hybridized carbons (Fsp3) is 0.667. The Labute approximate surface area is 140 Å². The molecule has 1 unspecified atom stereocenters. The molecule has 0 amide bonds. The smallest absolute Gasteiger partial charge is 0.337 e. The summed E-state index contributed by atoms with van der Waals surface area (Å²) in [5.41, 5.74) is 2.92. The average molecular weight is 336 g/mol. The van der Waals surface area contributed by atoms with Crippen LogP contribution in [-0.2, 0) is 10.8 Å². The minimum atomic E-state index is -1.92. The number of carbonyl (C=O) groups is 1. The highest BCUT2D eigenvalue weighted by molar-refractivity contribution is 6.74. The molecule has 0 saturated carbocycles. The summed E-state index contributed by atoms with van der Waals surface area (Å²) in [5, 5.41) is 9.55. The van der Waals surface area contributed by atoms with E-state index in [4.69, 9.17) is 4.43 Å². The molecule has 4 nitrogen and oxygen atoms in total. The first kappa shape index (κ1) is 18.1. The van der Waals surface area contributed by atoms with Crippen molar-refractivity contribution in [2.75, 3.05) is 0 Å². The van der Waals surface area contributed by atoms with E-state index in [1.165, 1.54) is 0 Å². The van der Waals surface area contributed by atoms with E-state index in [0.717, 1.165) is 36.9 Å². The van der Waals surface area contributed by atoms with Crippen LogP contribution in [0.25, 0.3) is 0 Å². The second-order valence-corrected chi connectivity index (χ2v) is 12.8. The summed E-state index contributed by atoms with van der Waals surface area (Å²) in [7, 11) is -1.92. The number of aryl methyl sites for hydroxylation is 2. The van der Waals surface area contributed by atoms with E-state index >= 15 is 0 Å². The number of carboxylic acid groups (broad SMARTS) is 1. The highest BCUT2D eigenvalue weighted by Crippen LogP contribution is 2.42. The zero-order valence-electron chi connectivity index (χ0n) is 15.2. The summed E-state index contributed by atoms with van der Waals surface area (Å²) in [6, 6.07) is 1.81. The van der Waals surface area contributed by atoms with Crippen molar-refractivity contribution in [1.82, 2.24) is 4.98 Å². The number of rotatable bonds is 3. The van der Waals surface area contributed by atoms with Gasteiger partial charge in [0.2, 0.25) is 0 Å². The van der Waals surface area contributed by atoms with Crippen LogP contribution in [0.5, 0.6) is 0 Å². The lowest BCUT2D eigenvalue weighted by molar-refractivity contribution is 0.0695. The van der Waals surface area contributed by atoms with E-state index in [9.17, 15) is 9.90 Å². The van der Waals surface area contributed by atoms with Crippen LogP contribution in [0.4, 0.5) is 0 Å². The lowest BCUT2D eigenvalue weighted by Crippen LogP contribution is -2.42. The molecule has 1 aromatic rings. The second kappa shape index (κ2) is 6.36. The van der Waals surface area contributed by atoms with Crippen LogP contribution in [0.1, 0.15) is 73.4 Å². The van der Waals surface area contributed by atoms with Gasteiger partial charge in [0.25, 0.3) is 0 Å². The lowest BCUT2D eigenvalue weighted by Gasteiger charge is -2.39. The van der Waals surface area contributed by atoms with Gasteiger partial charge in [-0.2, -0.15) is 0 Å². The molecule has 128 valence electrons. The average Bonchev–Trinajstić information content (AvgIpc) is 2.58. The van der Waals surface area contributed by atoms with Crippen molar-refractivity contribution in [1.29, 1.82) is 0 Å². The fourth-order valence-electron chi connectivity index (χ4n) is 2.80. The summed E-state index contributed by atoms with van der Waals surface area (Å²) in [6.07, 6.45) is 4.01. The van der Waals surface area contributed by atoms with Crippen LogP contribution in [0.2, 0.25) is 18.1 Å². The lowest BCUT2D eigenvalue weighted by atomic mass is 10.0. The van der Waals surface area contributed by atoms with Gasteiger partial charge in [-0.05, 0) is 50.4 Å². The third kappa shape index (κ3) is 3.83. The van der Waals surface area contributed by atoms with Crippen molar-refractivity contribution in [3.05, 3.63) is 28.6 Å². The number of aromatic nitrogens is 1. The molecule has 1 heterocycles. The van der Waals surface area contributed by atoms with Crippen LogP contribution in [0.3, 0.4) is 0 Å². The summed E-state index contributed by atoms with van der Waals surface area (Å²) < 4.78 is 6.63. The Morgan fingerprint density at radius 1 is 1.35 bits per heavy atom. The molecular weight excluding hydrogens is 306 g/mol. The van der Waals surface area contributed by atoms with Gasteiger partial charge in [-0.1, -0.05) is 27.2 Å². The van der Waals surface area contributed by atoms with Crippen molar-refractivity contribution in [3.8, 4) is 0 Å². The Bertz CT molecular complexity index is 605. The first-order valence-corrected chi connectivity index (χ1v) is 11.4. The van der Waals surface area contributed by atoms with Gasteiger partial charge in [-0.25, -0.2) is 4.79 Å². The Balaban J connectivity index is 2.44. The monoisotopic (exact) mass is 335 g/mol. The molecule has 1 atom stereocenters. The molecule has 1 aromatic heterocycles. The van der Waals surface area contributed by atoms with E-state index in [1.54, 1.807) is 6.92 Å². The minimum absolute atomic E-state index is 0.0282. The Kier molecular flexibility index (Phi) is 5.02. The highest BCUT2D eigenvalue weighted by Gasteiger charge is 2.40. The Morgan fingerprint density at radius 2 is 2.00 bits per heavy atom. The number of hydrogen-bond donors (Lipinski definition) is 1. The van der Waals surface area contributed by atoms with E-state index in [0.29, 0.717) is 11.3 Å². The van der Waals surface area contributed by atoms with Crippen LogP contribution >= 0.6 is 0 Å². The van der Waals surface area contributed by atoms with Crippen LogP contribution in [-0.4, -0.2) is 24.4 Å². The molecule has 0 aliphatic heterocycles. The molecule has 23 heavy (non-hydrogen) atoms.